The molecule has 0 unspecified atom stereocenters. The summed E-state index contributed by atoms with van der Waals surface area (Å²) in [4.78, 5) is 25.5. The van der Waals surface area contributed by atoms with Crippen LogP contribution in [0.3, 0.4) is 0 Å². The largest absolute Gasteiger partial charge is 0.370 e. The number of aromatic nitrogens is 2. The number of amides is 2. The maximum Gasteiger partial charge on any atom is 0.223 e. The Balaban J connectivity index is 1.86. The van der Waals surface area contributed by atoms with Gasteiger partial charge in [-0.25, -0.2) is 8.78 Å². The predicted octanol–water partition coefficient (Wildman–Crippen LogP) is 4.45. The van der Waals surface area contributed by atoms with E-state index in [9.17, 15) is 18.4 Å². The van der Waals surface area contributed by atoms with Crippen LogP contribution in [-0.4, -0.2) is 40.0 Å². The van der Waals surface area contributed by atoms with Crippen molar-refractivity contribution < 1.29 is 18.4 Å². The molecule has 1 aromatic heterocycles. The Hall–Kier alpha value is -2.90. The smallest absolute Gasteiger partial charge is 0.223 e. The molecule has 1 saturated carbocycles. The summed E-state index contributed by atoms with van der Waals surface area (Å²) in [6.45, 7) is 9.52. The van der Waals surface area contributed by atoms with Gasteiger partial charge in [0.2, 0.25) is 11.8 Å². The highest BCUT2D eigenvalue weighted by Gasteiger charge is 2.52. The molecule has 178 valence electrons. The summed E-state index contributed by atoms with van der Waals surface area (Å²) in [5.74, 6) is -1.85. The summed E-state index contributed by atoms with van der Waals surface area (Å²) in [6.07, 6.45) is 3.53. The van der Waals surface area contributed by atoms with Gasteiger partial charge in [-0.2, -0.15) is 10.2 Å². The van der Waals surface area contributed by atoms with E-state index in [1.807, 2.05) is 6.92 Å². The highest BCUT2D eigenvalue weighted by atomic mass is 19.1. The third-order valence-corrected chi connectivity index (χ3v) is 7.57. The van der Waals surface area contributed by atoms with E-state index in [-0.39, 0.29) is 46.8 Å². The number of primary amides is 1. The van der Waals surface area contributed by atoms with Crippen molar-refractivity contribution in [3.63, 3.8) is 0 Å². The van der Waals surface area contributed by atoms with Gasteiger partial charge >= 0.3 is 0 Å². The molecule has 6 nitrogen and oxygen atoms in total. The normalized spacial score (nSPS) is 21.7. The third kappa shape index (κ3) is 4.89. The minimum Gasteiger partial charge on any atom is -0.370 e. The fraction of sp³-hybridized carbons (Fsp3) is 0.520. The van der Waals surface area contributed by atoms with Crippen LogP contribution in [0.15, 0.2) is 30.5 Å². The topological polar surface area (TPSA) is 89.2 Å². The highest BCUT2D eigenvalue weighted by Crippen LogP contribution is 2.60. The van der Waals surface area contributed by atoms with Gasteiger partial charge in [0.25, 0.3) is 0 Å². The monoisotopic (exact) mass is 458 g/mol. The first kappa shape index (κ1) is 24.7. The minimum absolute atomic E-state index is 0.0378. The summed E-state index contributed by atoms with van der Waals surface area (Å²) in [5.41, 5.74) is 5.63. The van der Waals surface area contributed by atoms with Gasteiger partial charge in [-0.15, -0.1) is 0 Å². The number of hydrogen-bond acceptors (Lipinski definition) is 4. The molecule has 2 N–H and O–H groups in total. The zero-order valence-corrected chi connectivity index (χ0v) is 19.7. The number of hydrogen-bond donors (Lipinski definition) is 1. The molecule has 0 saturated heterocycles. The molecule has 1 aliphatic carbocycles. The lowest BCUT2D eigenvalue weighted by molar-refractivity contribution is -0.135. The molecule has 3 rings (SSSR count). The van der Waals surface area contributed by atoms with E-state index >= 15 is 0 Å². The summed E-state index contributed by atoms with van der Waals surface area (Å²) in [7, 11) is 0. The number of carbonyl (C=O) groups is 2. The molecular formula is C25H32F2N4O2. The minimum atomic E-state index is -0.676. The van der Waals surface area contributed by atoms with Gasteiger partial charge < -0.3 is 10.6 Å². The van der Waals surface area contributed by atoms with Crippen molar-refractivity contribution >= 4 is 11.8 Å². The van der Waals surface area contributed by atoms with Crippen molar-refractivity contribution in [2.75, 3.05) is 13.1 Å². The molecule has 1 aliphatic rings. The van der Waals surface area contributed by atoms with Crippen LogP contribution in [0.4, 0.5) is 8.78 Å². The molecule has 8 heteroatoms. The van der Waals surface area contributed by atoms with Crippen LogP contribution in [0.25, 0.3) is 11.3 Å². The lowest BCUT2D eigenvalue weighted by atomic mass is 9.64. The van der Waals surface area contributed by atoms with Crippen LogP contribution in [-0.2, 0) is 9.59 Å². The third-order valence-electron chi connectivity index (χ3n) is 7.57. The Morgan fingerprint density at radius 2 is 1.85 bits per heavy atom. The number of rotatable bonds is 8. The maximum atomic E-state index is 14.3. The summed E-state index contributed by atoms with van der Waals surface area (Å²) < 4.78 is 28.6. The summed E-state index contributed by atoms with van der Waals surface area (Å²) in [6, 6.07) is 5.46. The second-order valence-corrected chi connectivity index (χ2v) is 9.72. The Morgan fingerprint density at radius 3 is 2.45 bits per heavy atom. The van der Waals surface area contributed by atoms with Gasteiger partial charge in [0.15, 0.2) is 0 Å². The van der Waals surface area contributed by atoms with Crippen molar-refractivity contribution in [3.05, 3.63) is 47.7 Å². The van der Waals surface area contributed by atoms with Gasteiger partial charge in [-0.1, -0.05) is 26.8 Å². The average molecular weight is 459 g/mol. The van der Waals surface area contributed by atoms with Gasteiger partial charge in [0.1, 0.15) is 11.6 Å². The molecule has 2 aromatic rings. The lowest BCUT2D eigenvalue weighted by Gasteiger charge is -2.44. The van der Waals surface area contributed by atoms with Crippen LogP contribution in [0.5, 0.6) is 0 Å². The van der Waals surface area contributed by atoms with Crippen LogP contribution >= 0.6 is 0 Å². The number of nitrogens with zero attached hydrogens (tertiary/aromatic N) is 3. The van der Waals surface area contributed by atoms with Crippen molar-refractivity contribution in [1.82, 2.24) is 15.1 Å². The number of carbonyl (C=O) groups excluding carboxylic acids is 2. The summed E-state index contributed by atoms with van der Waals surface area (Å²) in [5, 5.41) is 8.04. The van der Waals surface area contributed by atoms with Crippen molar-refractivity contribution in [3.8, 4) is 11.3 Å². The quantitative estimate of drug-likeness (QED) is 0.633. The van der Waals surface area contributed by atoms with E-state index in [1.54, 1.807) is 17.2 Å². The predicted molar refractivity (Wildman–Crippen MR) is 122 cm³/mol. The molecule has 0 bridgehead atoms. The number of halogens is 2. The Morgan fingerprint density at radius 1 is 1.18 bits per heavy atom. The molecular weight excluding hydrogens is 426 g/mol. The Labute approximate surface area is 193 Å². The molecule has 0 radical (unpaired) electrons. The number of benzene rings is 1. The van der Waals surface area contributed by atoms with E-state index in [0.29, 0.717) is 13.1 Å². The molecule has 0 aliphatic heterocycles. The van der Waals surface area contributed by atoms with E-state index in [1.165, 1.54) is 18.2 Å². The first-order valence-corrected chi connectivity index (χ1v) is 11.3. The first-order valence-electron chi connectivity index (χ1n) is 11.3. The van der Waals surface area contributed by atoms with E-state index in [0.717, 1.165) is 18.4 Å². The van der Waals surface area contributed by atoms with Crippen LogP contribution < -0.4 is 5.73 Å². The fourth-order valence-electron chi connectivity index (χ4n) is 5.06. The van der Waals surface area contributed by atoms with E-state index < -0.39 is 17.5 Å². The SMILES string of the molecule is CCN(C[C@@]1(C)CC[C@H](c2cnnc(-c3c(F)cccc3F)c2)C1(C)C)C(=O)CCC(N)=O. The van der Waals surface area contributed by atoms with Gasteiger partial charge in [-0.3, -0.25) is 9.59 Å². The Bertz CT molecular complexity index is 1020. The zero-order chi connectivity index (χ0) is 24.4. The molecule has 1 heterocycles. The van der Waals surface area contributed by atoms with Gasteiger partial charge in [-0.05, 0) is 60.3 Å². The van der Waals surface area contributed by atoms with E-state index in [2.05, 4.69) is 31.0 Å². The molecule has 2 amide bonds. The van der Waals surface area contributed by atoms with Crippen LogP contribution in [0.1, 0.15) is 64.9 Å². The second kappa shape index (κ2) is 9.53. The molecule has 1 fully saturated rings. The van der Waals surface area contributed by atoms with Crippen molar-refractivity contribution in [2.24, 2.45) is 16.6 Å². The zero-order valence-electron chi connectivity index (χ0n) is 19.7. The maximum absolute atomic E-state index is 14.3. The average Bonchev–Trinajstić information content (AvgIpc) is 2.99. The molecule has 2 atom stereocenters. The summed E-state index contributed by atoms with van der Waals surface area (Å²) >= 11 is 0. The van der Waals surface area contributed by atoms with Crippen LogP contribution in [0, 0.1) is 22.5 Å². The fourth-order valence-corrected chi connectivity index (χ4v) is 5.06. The van der Waals surface area contributed by atoms with Crippen LogP contribution in [0.2, 0.25) is 0 Å². The second-order valence-electron chi connectivity index (χ2n) is 9.72. The van der Waals surface area contributed by atoms with Crippen molar-refractivity contribution in [2.45, 2.75) is 59.3 Å². The van der Waals surface area contributed by atoms with E-state index in [4.69, 9.17) is 5.73 Å². The van der Waals surface area contributed by atoms with Gasteiger partial charge in [0, 0.05) is 25.9 Å². The highest BCUT2D eigenvalue weighted by molar-refractivity contribution is 5.82. The van der Waals surface area contributed by atoms with Crippen molar-refractivity contribution in [1.29, 1.82) is 0 Å². The Kier molecular flexibility index (Phi) is 7.14. The molecule has 0 spiro atoms. The standard InChI is InChI=1S/C25H32F2N4O2/c1-5-31(22(33)10-9-21(28)32)15-25(4)12-11-17(24(25,2)3)16-13-20(30-29-14-16)23-18(26)7-6-8-19(23)27/h6-8,13-14,17H,5,9-12,15H2,1-4H3,(H2,28,32)/t17-,25-/m1/s1. The lowest BCUT2D eigenvalue weighted by Crippen LogP contribution is -2.45. The van der Waals surface area contributed by atoms with Gasteiger partial charge in [0.05, 0.1) is 17.5 Å². The molecule has 1 aromatic carbocycles. The first-order chi connectivity index (χ1) is 15.5. The number of nitrogens with two attached hydrogens (primary N) is 1. The molecule has 33 heavy (non-hydrogen) atoms.